The lowest BCUT2D eigenvalue weighted by Crippen LogP contribution is -2.57. The molecule has 3 unspecified atom stereocenters. The molecule has 0 aliphatic heterocycles. The lowest BCUT2D eigenvalue weighted by atomic mass is 9.64. The van der Waals surface area contributed by atoms with E-state index < -0.39 is 0 Å². The van der Waals surface area contributed by atoms with Crippen molar-refractivity contribution in [3.8, 4) is 0 Å². The quantitative estimate of drug-likeness (QED) is 0.379. The molecule has 0 amide bonds. The molecule has 0 aromatic rings. The monoisotopic (exact) mass is 340 g/mol. The maximum Gasteiger partial charge on any atom is 0.0135 e. The van der Waals surface area contributed by atoms with E-state index in [2.05, 4.69) is 72.4 Å². The Kier molecular flexibility index (Phi) is 12.3. The summed E-state index contributed by atoms with van der Waals surface area (Å²) in [6, 6.07) is 1.22. The van der Waals surface area contributed by atoms with Gasteiger partial charge in [0.05, 0.1) is 0 Å². The molecule has 0 saturated heterocycles. The fraction of sp³-hybridized carbons (Fsp3) is 1.00. The van der Waals surface area contributed by atoms with Crippen molar-refractivity contribution in [1.82, 2.24) is 9.80 Å². The molecule has 0 N–H and O–H groups in total. The summed E-state index contributed by atoms with van der Waals surface area (Å²) in [5.74, 6) is 0.792. The molecule has 0 aliphatic rings. The highest BCUT2D eigenvalue weighted by Gasteiger charge is 2.45. The molecule has 0 fully saturated rings. The lowest BCUT2D eigenvalue weighted by molar-refractivity contribution is -0.0253. The van der Waals surface area contributed by atoms with Crippen LogP contribution in [0.3, 0.4) is 0 Å². The molecule has 0 aromatic heterocycles. The second kappa shape index (κ2) is 12.3. The molecule has 146 valence electrons. The number of nitrogens with zero attached hydrogens (tertiary/aromatic N) is 2. The van der Waals surface area contributed by atoms with Gasteiger partial charge in [-0.05, 0) is 59.8 Å². The second-order valence-electron chi connectivity index (χ2n) is 8.28. The number of rotatable bonds is 14. The number of unbranched alkanes of at least 4 members (excludes halogenated alkanes) is 2. The highest BCUT2D eigenvalue weighted by Crippen LogP contribution is 2.43. The van der Waals surface area contributed by atoms with E-state index in [4.69, 9.17) is 0 Å². The van der Waals surface area contributed by atoms with Gasteiger partial charge in [0.1, 0.15) is 0 Å². The van der Waals surface area contributed by atoms with Crippen molar-refractivity contribution in [3.05, 3.63) is 0 Å². The van der Waals surface area contributed by atoms with Crippen LogP contribution >= 0.6 is 0 Å². The number of hydrogen-bond donors (Lipinski definition) is 0. The fourth-order valence-corrected chi connectivity index (χ4v) is 4.49. The Hall–Kier alpha value is -0.0800. The van der Waals surface area contributed by atoms with E-state index in [9.17, 15) is 0 Å². The van der Waals surface area contributed by atoms with Crippen molar-refractivity contribution in [2.45, 2.75) is 105 Å². The van der Waals surface area contributed by atoms with Gasteiger partial charge in [-0.15, -0.1) is 0 Å². The van der Waals surface area contributed by atoms with Gasteiger partial charge in [0.15, 0.2) is 0 Å². The van der Waals surface area contributed by atoms with Crippen LogP contribution in [0.5, 0.6) is 0 Å². The average molecular weight is 341 g/mol. The van der Waals surface area contributed by atoms with Gasteiger partial charge >= 0.3 is 0 Å². The molecule has 0 heterocycles. The third-order valence-corrected chi connectivity index (χ3v) is 6.86. The molecule has 2 nitrogen and oxygen atoms in total. The van der Waals surface area contributed by atoms with E-state index >= 15 is 0 Å². The molecule has 0 spiro atoms. The Labute approximate surface area is 154 Å². The van der Waals surface area contributed by atoms with E-state index in [1.807, 2.05) is 0 Å². The topological polar surface area (TPSA) is 6.48 Å². The molecule has 0 saturated carbocycles. The van der Waals surface area contributed by atoms with Gasteiger partial charge in [0.25, 0.3) is 0 Å². The summed E-state index contributed by atoms with van der Waals surface area (Å²) in [7, 11) is 4.69. The minimum absolute atomic E-state index is 0.329. The smallest absolute Gasteiger partial charge is 0.0135 e. The van der Waals surface area contributed by atoms with Gasteiger partial charge in [-0.2, -0.15) is 0 Å². The van der Waals surface area contributed by atoms with Crippen molar-refractivity contribution in [2.24, 2.45) is 11.3 Å². The Morgan fingerprint density at radius 3 is 1.46 bits per heavy atom. The van der Waals surface area contributed by atoms with Crippen molar-refractivity contribution in [1.29, 1.82) is 0 Å². The molecule has 0 radical (unpaired) electrons. The van der Waals surface area contributed by atoms with Crippen LogP contribution in [0.4, 0.5) is 0 Å². The van der Waals surface area contributed by atoms with E-state index in [0.717, 1.165) is 5.92 Å². The predicted molar refractivity (Wildman–Crippen MR) is 111 cm³/mol. The zero-order chi connectivity index (χ0) is 18.8. The van der Waals surface area contributed by atoms with E-state index in [-0.39, 0.29) is 0 Å². The van der Waals surface area contributed by atoms with Gasteiger partial charge in [-0.3, -0.25) is 0 Å². The van der Waals surface area contributed by atoms with Crippen molar-refractivity contribution in [2.75, 3.05) is 27.2 Å². The first kappa shape index (κ1) is 23.9. The molecule has 3 atom stereocenters. The fourth-order valence-electron chi connectivity index (χ4n) is 4.49. The zero-order valence-corrected chi connectivity index (χ0v) is 18.5. The van der Waals surface area contributed by atoms with Crippen LogP contribution in [-0.4, -0.2) is 49.1 Å². The summed E-state index contributed by atoms with van der Waals surface area (Å²) in [4.78, 5) is 5.26. The summed E-state index contributed by atoms with van der Waals surface area (Å²) in [5.41, 5.74) is 0.329. The highest BCUT2D eigenvalue weighted by atomic mass is 15.2. The van der Waals surface area contributed by atoms with E-state index in [1.165, 1.54) is 58.0 Å². The normalized spacial score (nSPS) is 18.6. The van der Waals surface area contributed by atoms with E-state index in [0.29, 0.717) is 17.5 Å². The molecular formula is C22H48N2. The van der Waals surface area contributed by atoms with Gasteiger partial charge in [-0.25, -0.2) is 0 Å². The summed E-state index contributed by atoms with van der Waals surface area (Å²) < 4.78 is 0. The number of hydrogen-bond acceptors (Lipinski definition) is 2. The first-order valence-corrected chi connectivity index (χ1v) is 10.7. The second-order valence-corrected chi connectivity index (χ2v) is 8.28. The summed E-state index contributed by atoms with van der Waals surface area (Å²) >= 11 is 0. The lowest BCUT2D eigenvalue weighted by Gasteiger charge is -2.52. The summed E-state index contributed by atoms with van der Waals surface area (Å²) in [6.07, 6.45) is 9.12. The molecule has 24 heavy (non-hydrogen) atoms. The van der Waals surface area contributed by atoms with Crippen LogP contribution in [0.25, 0.3) is 0 Å². The third-order valence-electron chi connectivity index (χ3n) is 6.86. The SMILES string of the molecule is CCCCN(C)C(C)C(C)(C(CC)CCC)C(C)N(C)CCCC. The molecule has 0 aliphatic carbocycles. The van der Waals surface area contributed by atoms with Crippen LogP contribution in [0.1, 0.15) is 93.4 Å². The molecule has 0 bridgehead atoms. The maximum atomic E-state index is 2.63. The van der Waals surface area contributed by atoms with Crippen LogP contribution in [0, 0.1) is 11.3 Å². The maximum absolute atomic E-state index is 2.63. The molecule has 0 aromatic carbocycles. The van der Waals surface area contributed by atoms with Gasteiger partial charge < -0.3 is 9.80 Å². The largest absolute Gasteiger partial charge is 0.303 e. The first-order chi connectivity index (χ1) is 11.3. The van der Waals surface area contributed by atoms with Crippen molar-refractivity contribution >= 4 is 0 Å². The van der Waals surface area contributed by atoms with Crippen LogP contribution in [0.15, 0.2) is 0 Å². The van der Waals surface area contributed by atoms with Gasteiger partial charge in [0, 0.05) is 17.5 Å². The highest BCUT2D eigenvalue weighted by molar-refractivity contribution is 4.98. The molecular weight excluding hydrogens is 292 g/mol. The predicted octanol–water partition coefficient (Wildman–Crippen LogP) is 6.06. The van der Waals surface area contributed by atoms with Crippen molar-refractivity contribution < 1.29 is 0 Å². The Balaban J connectivity index is 5.47. The van der Waals surface area contributed by atoms with E-state index in [1.54, 1.807) is 0 Å². The summed E-state index contributed by atoms with van der Waals surface area (Å²) in [6.45, 7) is 19.3. The minimum atomic E-state index is 0.329. The zero-order valence-electron chi connectivity index (χ0n) is 18.5. The Morgan fingerprint density at radius 1 is 0.750 bits per heavy atom. The first-order valence-electron chi connectivity index (χ1n) is 10.7. The Bertz CT molecular complexity index is 282. The Morgan fingerprint density at radius 2 is 1.17 bits per heavy atom. The van der Waals surface area contributed by atoms with Crippen molar-refractivity contribution in [3.63, 3.8) is 0 Å². The van der Waals surface area contributed by atoms with Crippen LogP contribution in [-0.2, 0) is 0 Å². The minimum Gasteiger partial charge on any atom is -0.303 e. The third kappa shape index (κ3) is 6.33. The molecule has 0 rings (SSSR count). The average Bonchev–Trinajstić information content (AvgIpc) is 2.59. The van der Waals surface area contributed by atoms with Crippen LogP contribution in [0.2, 0.25) is 0 Å². The van der Waals surface area contributed by atoms with Crippen LogP contribution < -0.4 is 0 Å². The van der Waals surface area contributed by atoms with Gasteiger partial charge in [0.2, 0.25) is 0 Å². The van der Waals surface area contributed by atoms with Gasteiger partial charge in [-0.1, -0.05) is 66.7 Å². The summed E-state index contributed by atoms with van der Waals surface area (Å²) in [5, 5.41) is 0. The molecule has 2 heteroatoms. The standard InChI is InChI=1S/C22H48N2/c1-10-14-17-23(8)19(5)22(7,21(13-4)16-12-3)20(6)24(9)18-15-11-2/h19-21H,10-18H2,1-9H3.